The molecule has 2 amide bonds. The zero-order valence-electron chi connectivity index (χ0n) is 21.1. The van der Waals surface area contributed by atoms with E-state index in [2.05, 4.69) is 10.3 Å². The summed E-state index contributed by atoms with van der Waals surface area (Å²) >= 11 is 5.72. The van der Waals surface area contributed by atoms with Gasteiger partial charge in [0.2, 0.25) is 5.91 Å². The van der Waals surface area contributed by atoms with Crippen LogP contribution in [0.15, 0.2) is 73.1 Å². The molecule has 2 aromatic carbocycles. The van der Waals surface area contributed by atoms with E-state index in [4.69, 9.17) is 21.7 Å². The van der Waals surface area contributed by atoms with Crippen LogP contribution < -0.4 is 15.0 Å². The Morgan fingerprint density at radius 3 is 2.39 bits per heavy atom. The number of nitrogens with one attached hydrogen (secondary N) is 1. The number of benzene rings is 2. The molecule has 1 aliphatic heterocycles. The summed E-state index contributed by atoms with van der Waals surface area (Å²) in [5.41, 5.74) is 2.31. The summed E-state index contributed by atoms with van der Waals surface area (Å²) in [5.74, 6) is -0.402. The Hall–Kier alpha value is -4.31. The van der Waals surface area contributed by atoms with Crippen molar-refractivity contribution >= 4 is 46.5 Å². The van der Waals surface area contributed by atoms with Gasteiger partial charge < -0.3 is 19.7 Å². The van der Waals surface area contributed by atoms with Gasteiger partial charge in [0.1, 0.15) is 11.8 Å². The number of hydrogen-bond acceptors (Lipinski definition) is 7. The fourth-order valence-corrected chi connectivity index (χ4v) is 4.48. The lowest BCUT2D eigenvalue weighted by molar-refractivity contribution is -0.124. The van der Waals surface area contributed by atoms with Crippen molar-refractivity contribution in [2.75, 3.05) is 23.4 Å². The Kier molecular flexibility index (Phi) is 8.65. The molecule has 1 saturated heterocycles. The highest BCUT2D eigenvalue weighted by molar-refractivity contribution is 7.80. The van der Waals surface area contributed by atoms with Crippen molar-refractivity contribution in [3.63, 3.8) is 0 Å². The second-order valence-corrected chi connectivity index (χ2v) is 8.80. The maximum absolute atomic E-state index is 13.6. The van der Waals surface area contributed by atoms with E-state index in [1.54, 1.807) is 78.8 Å². The van der Waals surface area contributed by atoms with E-state index in [1.807, 2.05) is 13.0 Å². The van der Waals surface area contributed by atoms with Crippen LogP contribution in [0.25, 0.3) is 0 Å². The Balaban J connectivity index is 1.55. The molecule has 3 aromatic rings. The standard InChI is InChI=1S/C28H28N4O5S/c1-3-36-23-13-9-21(10-14-23)30-25(33)16-24-26(34)32(22-11-7-20(8-12-22)27(35)37-4-2)28(38)31(24)18-19-6-5-15-29-17-19/h5-15,17,24H,3-4,16,18H2,1-2H3,(H,30,33)/t24-/m1/s1. The van der Waals surface area contributed by atoms with E-state index in [0.29, 0.717) is 35.8 Å². The van der Waals surface area contributed by atoms with E-state index in [0.717, 1.165) is 5.56 Å². The quantitative estimate of drug-likeness (QED) is 0.307. The average molecular weight is 533 g/mol. The summed E-state index contributed by atoms with van der Waals surface area (Å²) in [6, 6.07) is 16.3. The number of thiocarbonyl (C=S) groups is 1. The first-order chi connectivity index (χ1) is 18.4. The molecule has 0 bridgehead atoms. The van der Waals surface area contributed by atoms with E-state index < -0.39 is 12.0 Å². The lowest BCUT2D eigenvalue weighted by atomic mass is 10.1. The molecule has 38 heavy (non-hydrogen) atoms. The average Bonchev–Trinajstić information content (AvgIpc) is 3.14. The van der Waals surface area contributed by atoms with Gasteiger partial charge in [-0.2, -0.15) is 0 Å². The Bertz CT molecular complexity index is 1300. The molecule has 196 valence electrons. The minimum Gasteiger partial charge on any atom is -0.494 e. The second-order valence-electron chi connectivity index (χ2n) is 8.44. The van der Waals surface area contributed by atoms with Crippen LogP contribution in [0.1, 0.15) is 36.2 Å². The summed E-state index contributed by atoms with van der Waals surface area (Å²) in [6.07, 6.45) is 3.25. The first-order valence-electron chi connectivity index (χ1n) is 12.2. The fourth-order valence-electron chi connectivity index (χ4n) is 4.09. The van der Waals surface area contributed by atoms with Gasteiger partial charge >= 0.3 is 5.97 Å². The lowest BCUT2D eigenvalue weighted by Crippen LogP contribution is -2.37. The van der Waals surface area contributed by atoms with Gasteiger partial charge in [-0.3, -0.25) is 19.5 Å². The predicted molar refractivity (Wildman–Crippen MR) is 147 cm³/mol. The zero-order chi connectivity index (χ0) is 27.1. The highest BCUT2D eigenvalue weighted by atomic mass is 32.1. The number of anilines is 2. The van der Waals surface area contributed by atoms with Crippen molar-refractivity contribution in [2.24, 2.45) is 0 Å². The number of aromatic nitrogens is 1. The summed E-state index contributed by atoms with van der Waals surface area (Å²) in [6.45, 7) is 4.74. The molecule has 4 rings (SSSR count). The van der Waals surface area contributed by atoms with Crippen LogP contribution in [0.3, 0.4) is 0 Å². The van der Waals surface area contributed by atoms with E-state index >= 15 is 0 Å². The smallest absolute Gasteiger partial charge is 0.338 e. The Morgan fingerprint density at radius 2 is 1.76 bits per heavy atom. The van der Waals surface area contributed by atoms with Crippen LogP contribution in [-0.4, -0.2) is 52.0 Å². The van der Waals surface area contributed by atoms with Crippen molar-refractivity contribution in [3.05, 3.63) is 84.2 Å². The van der Waals surface area contributed by atoms with Gasteiger partial charge in [-0.25, -0.2) is 4.79 Å². The van der Waals surface area contributed by atoms with Gasteiger partial charge in [0, 0.05) is 24.6 Å². The molecule has 1 atom stereocenters. The van der Waals surface area contributed by atoms with Crippen molar-refractivity contribution in [1.29, 1.82) is 0 Å². The molecule has 1 aliphatic rings. The molecule has 9 nitrogen and oxygen atoms in total. The van der Waals surface area contributed by atoms with Crippen LogP contribution >= 0.6 is 12.2 Å². The Morgan fingerprint density at radius 1 is 1.03 bits per heavy atom. The Labute approximate surface area is 226 Å². The molecular formula is C28H28N4O5S. The number of esters is 1. The maximum atomic E-state index is 13.6. The summed E-state index contributed by atoms with van der Waals surface area (Å²) in [4.78, 5) is 46.0. The fraction of sp³-hybridized carbons (Fsp3) is 0.250. The number of amides is 2. The number of rotatable bonds is 10. The van der Waals surface area contributed by atoms with Gasteiger partial charge in [0.15, 0.2) is 5.11 Å². The van der Waals surface area contributed by atoms with Crippen molar-refractivity contribution in [2.45, 2.75) is 32.9 Å². The van der Waals surface area contributed by atoms with Crippen LogP contribution in [0.2, 0.25) is 0 Å². The van der Waals surface area contributed by atoms with Gasteiger partial charge in [-0.15, -0.1) is 0 Å². The summed E-state index contributed by atoms with van der Waals surface area (Å²) < 4.78 is 10.5. The minimum atomic E-state index is -0.824. The zero-order valence-corrected chi connectivity index (χ0v) is 21.9. The van der Waals surface area contributed by atoms with Gasteiger partial charge in [-0.1, -0.05) is 6.07 Å². The summed E-state index contributed by atoms with van der Waals surface area (Å²) in [5, 5.41) is 3.11. The minimum absolute atomic E-state index is 0.107. The van der Waals surface area contributed by atoms with Gasteiger partial charge in [-0.05, 0) is 86.2 Å². The SMILES string of the molecule is CCOC(=O)c1ccc(N2C(=O)[C@@H](CC(=O)Nc3ccc(OCC)cc3)N(Cc3cccnc3)C2=S)cc1. The van der Waals surface area contributed by atoms with Crippen LogP contribution in [-0.2, 0) is 20.9 Å². The molecule has 0 aliphatic carbocycles. The molecule has 0 saturated carbocycles. The second kappa shape index (κ2) is 12.3. The number of hydrogen-bond donors (Lipinski definition) is 1. The number of nitrogens with zero attached hydrogens (tertiary/aromatic N) is 3. The lowest BCUT2D eigenvalue weighted by Gasteiger charge is -2.24. The van der Waals surface area contributed by atoms with Crippen molar-refractivity contribution < 1.29 is 23.9 Å². The van der Waals surface area contributed by atoms with Gasteiger partial charge in [0.05, 0.1) is 30.9 Å². The number of carbonyl (C=O) groups is 3. The third-order valence-corrected chi connectivity index (χ3v) is 6.28. The molecule has 10 heteroatoms. The molecular weight excluding hydrogens is 504 g/mol. The first-order valence-corrected chi connectivity index (χ1v) is 12.7. The van der Waals surface area contributed by atoms with Crippen LogP contribution in [0.4, 0.5) is 11.4 Å². The molecule has 1 fully saturated rings. The number of pyridine rings is 1. The molecule has 0 spiro atoms. The third kappa shape index (κ3) is 6.15. The normalized spacial score (nSPS) is 14.9. The number of ether oxygens (including phenoxy) is 2. The third-order valence-electron chi connectivity index (χ3n) is 5.86. The highest BCUT2D eigenvalue weighted by Crippen LogP contribution is 2.29. The van der Waals surface area contributed by atoms with Crippen LogP contribution in [0.5, 0.6) is 5.75 Å². The largest absolute Gasteiger partial charge is 0.494 e. The van der Waals surface area contributed by atoms with E-state index in [-0.39, 0.29) is 30.0 Å². The van der Waals surface area contributed by atoms with E-state index in [9.17, 15) is 14.4 Å². The van der Waals surface area contributed by atoms with Crippen LogP contribution in [0, 0.1) is 0 Å². The number of carbonyl (C=O) groups excluding carboxylic acids is 3. The molecule has 1 N–H and O–H groups in total. The molecule has 1 aromatic heterocycles. The van der Waals surface area contributed by atoms with E-state index in [1.165, 1.54) is 4.90 Å². The van der Waals surface area contributed by atoms with Gasteiger partial charge in [0.25, 0.3) is 5.91 Å². The highest BCUT2D eigenvalue weighted by Gasteiger charge is 2.44. The maximum Gasteiger partial charge on any atom is 0.338 e. The predicted octanol–water partition coefficient (Wildman–Crippen LogP) is 4.19. The summed E-state index contributed by atoms with van der Waals surface area (Å²) in [7, 11) is 0. The first kappa shape index (κ1) is 26.7. The van der Waals surface area contributed by atoms with Crippen molar-refractivity contribution in [1.82, 2.24) is 9.88 Å². The molecule has 2 heterocycles. The monoisotopic (exact) mass is 532 g/mol. The topological polar surface area (TPSA) is 101 Å². The molecule has 0 radical (unpaired) electrons. The van der Waals surface area contributed by atoms with Crippen molar-refractivity contribution in [3.8, 4) is 5.75 Å². The molecule has 0 unspecified atom stereocenters.